The van der Waals surface area contributed by atoms with Crippen LogP contribution in [0.5, 0.6) is 0 Å². The predicted octanol–water partition coefficient (Wildman–Crippen LogP) is 0.558. The van der Waals surface area contributed by atoms with Gasteiger partial charge >= 0.3 is 0 Å². The third kappa shape index (κ3) is 9.53. The molecule has 4 nitrogen and oxygen atoms in total. The van der Waals surface area contributed by atoms with Gasteiger partial charge in [0.05, 0.1) is 54.6 Å². The molecule has 0 heterocycles. The van der Waals surface area contributed by atoms with E-state index >= 15 is 0 Å². The van der Waals surface area contributed by atoms with Crippen LogP contribution in [0.1, 0.15) is 13.3 Å². The minimum absolute atomic E-state index is 0.243. The number of aliphatic hydroxyl groups excluding tert-OH is 1. The zero-order valence-electron chi connectivity index (χ0n) is 12.4. The van der Waals surface area contributed by atoms with E-state index in [1.807, 2.05) is 0 Å². The fourth-order valence-corrected chi connectivity index (χ4v) is 1.83. The van der Waals surface area contributed by atoms with Crippen molar-refractivity contribution in [1.29, 1.82) is 0 Å². The number of hydrogen-bond donors (Lipinski definition) is 1. The highest BCUT2D eigenvalue weighted by Crippen LogP contribution is 1.99. The van der Waals surface area contributed by atoms with Crippen molar-refractivity contribution in [2.45, 2.75) is 13.3 Å². The van der Waals surface area contributed by atoms with E-state index in [1.165, 1.54) is 13.0 Å². The third-order valence-corrected chi connectivity index (χ3v) is 3.22. The molecule has 0 aliphatic heterocycles. The predicted molar refractivity (Wildman–Crippen MR) is 71.9 cm³/mol. The van der Waals surface area contributed by atoms with Gasteiger partial charge in [-0.2, -0.15) is 0 Å². The fraction of sp³-hybridized carbons (Fsp3) is 1.00. The Morgan fingerprint density at radius 1 is 0.824 bits per heavy atom. The van der Waals surface area contributed by atoms with E-state index in [1.54, 1.807) is 0 Å². The van der Waals surface area contributed by atoms with E-state index in [0.29, 0.717) is 0 Å². The van der Waals surface area contributed by atoms with Gasteiger partial charge in [-0.05, 0) is 6.42 Å². The molecule has 0 saturated carbocycles. The molecule has 0 amide bonds. The number of aliphatic hydroxyl groups is 1. The van der Waals surface area contributed by atoms with Crippen LogP contribution >= 0.6 is 0 Å². The molecule has 104 valence electrons. The SMILES string of the molecule is CCC[N+](C)(C)CCOCC[N+](C)(C)CCO. The second kappa shape index (κ2) is 8.03. The van der Waals surface area contributed by atoms with Gasteiger partial charge < -0.3 is 18.8 Å². The van der Waals surface area contributed by atoms with Crippen LogP contribution in [0, 0.1) is 0 Å². The molecule has 0 bridgehead atoms. The summed E-state index contributed by atoms with van der Waals surface area (Å²) < 4.78 is 7.54. The lowest BCUT2D eigenvalue weighted by molar-refractivity contribution is -0.894. The quantitative estimate of drug-likeness (QED) is 0.452. The van der Waals surface area contributed by atoms with Crippen LogP contribution in [-0.2, 0) is 4.74 Å². The van der Waals surface area contributed by atoms with Crippen molar-refractivity contribution >= 4 is 0 Å². The number of ether oxygens (including phenoxy) is 1. The summed E-state index contributed by atoms with van der Waals surface area (Å²) in [5.74, 6) is 0. The molecule has 0 aromatic carbocycles. The molecule has 0 spiro atoms. The first-order valence-electron chi connectivity index (χ1n) is 6.65. The lowest BCUT2D eigenvalue weighted by atomic mass is 10.4. The molecule has 0 fully saturated rings. The lowest BCUT2D eigenvalue weighted by Crippen LogP contribution is -2.45. The summed E-state index contributed by atoms with van der Waals surface area (Å²) in [6.45, 7) is 8.09. The van der Waals surface area contributed by atoms with Crippen LogP contribution in [0.2, 0.25) is 0 Å². The number of quaternary nitrogens is 2. The van der Waals surface area contributed by atoms with Crippen LogP contribution in [0.25, 0.3) is 0 Å². The van der Waals surface area contributed by atoms with Gasteiger partial charge in [0.15, 0.2) is 0 Å². The monoisotopic (exact) mass is 248 g/mol. The molecule has 0 aliphatic rings. The largest absolute Gasteiger partial charge is 0.391 e. The summed E-state index contributed by atoms with van der Waals surface area (Å²) in [5.41, 5.74) is 0. The molecule has 0 aliphatic carbocycles. The van der Waals surface area contributed by atoms with E-state index in [0.717, 1.165) is 41.8 Å². The molecule has 0 atom stereocenters. The second-order valence-electron chi connectivity index (χ2n) is 6.10. The van der Waals surface area contributed by atoms with Crippen molar-refractivity contribution in [2.75, 3.05) is 74.2 Å². The Hall–Kier alpha value is -0.160. The van der Waals surface area contributed by atoms with Gasteiger partial charge in [-0.15, -0.1) is 0 Å². The van der Waals surface area contributed by atoms with Crippen LogP contribution in [-0.4, -0.2) is 88.3 Å². The van der Waals surface area contributed by atoms with Crippen LogP contribution < -0.4 is 0 Å². The molecular weight excluding hydrogens is 216 g/mol. The molecule has 0 rings (SSSR count). The standard InChI is InChI=1S/C13H32N2O2/c1-6-7-14(2,3)9-12-17-13-10-15(4,5)8-11-16/h16H,6-13H2,1-5H3/q+2. The highest BCUT2D eigenvalue weighted by atomic mass is 16.5. The summed E-state index contributed by atoms with van der Waals surface area (Å²) in [6.07, 6.45) is 1.22. The smallest absolute Gasteiger partial charge is 0.102 e. The van der Waals surface area contributed by atoms with Crippen molar-refractivity contribution < 1.29 is 18.8 Å². The topological polar surface area (TPSA) is 29.5 Å². The zero-order chi connectivity index (χ0) is 13.4. The average molecular weight is 248 g/mol. The molecular formula is C13H32N2O2+2. The third-order valence-electron chi connectivity index (χ3n) is 3.22. The summed E-state index contributed by atoms with van der Waals surface area (Å²) in [7, 11) is 8.74. The van der Waals surface area contributed by atoms with E-state index in [9.17, 15) is 0 Å². The Morgan fingerprint density at radius 3 is 1.71 bits per heavy atom. The van der Waals surface area contributed by atoms with E-state index in [4.69, 9.17) is 9.84 Å². The first kappa shape index (κ1) is 16.8. The maximum Gasteiger partial charge on any atom is 0.102 e. The minimum Gasteiger partial charge on any atom is -0.391 e. The van der Waals surface area contributed by atoms with E-state index in [2.05, 4.69) is 35.1 Å². The van der Waals surface area contributed by atoms with Crippen molar-refractivity contribution in [3.63, 3.8) is 0 Å². The molecule has 4 heteroatoms. The Balaban J connectivity index is 3.58. The van der Waals surface area contributed by atoms with Crippen molar-refractivity contribution in [2.24, 2.45) is 0 Å². The maximum atomic E-state index is 8.91. The molecule has 0 aromatic heterocycles. The van der Waals surface area contributed by atoms with Crippen molar-refractivity contribution in [3.05, 3.63) is 0 Å². The Morgan fingerprint density at radius 2 is 1.29 bits per heavy atom. The summed E-state index contributed by atoms with van der Waals surface area (Å²) >= 11 is 0. The number of rotatable bonds is 10. The Labute approximate surface area is 107 Å². The molecule has 0 radical (unpaired) electrons. The second-order valence-corrected chi connectivity index (χ2v) is 6.10. The fourth-order valence-electron chi connectivity index (χ4n) is 1.83. The van der Waals surface area contributed by atoms with Gasteiger partial charge in [0.2, 0.25) is 0 Å². The van der Waals surface area contributed by atoms with Crippen molar-refractivity contribution in [1.82, 2.24) is 0 Å². The van der Waals surface area contributed by atoms with Gasteiger partial charge in [-0.25, -0.2) is 0 Å². The molecule has 17 heavy (non-hydrogen) atoms. The zero-order valence-corrected chi connectivity index (χ0v) is 12.4. The van der Waals surface area contributed by atoms with E-state index in [-0.39, 0.29) is 6.61 Å². The summed E-state index contributed by atoms with van der Waals surface area (Å²) in [4.78, 5) is 0. The highest BCUT2D eigenvalue weighted by molar-refractivity contribution is 4.37. The Kier molecular flexibility index (Phi) is 7.96. The van der Waals surface area contributed by atoms with Gasteiger partial charge in [0, 0.05) is 0 Å². The molecule has 0 aromatic rings. The number of nitrogens with zero attached hydrogens (tertiary/aromatic N) is 2. The first-order chi connectivity index (χ1) is 7.83. The van der Waals surface area contributed by atoms with Gasteiger partial charge in [0.25, 0.3) is 0 Å². The summed E-state index contributed by atoms with van der Waals surface area (Å²) in [6, 6.07) is 0. The minimum atomic E-state index is 0.243. The molecule has 0 saturated heterocycles. The average Bonchev–Trinajstić information content (AvgIpc) is 2.16. The normalized spacial score (nSPS) is 13.1. The molecule has 1 N–H and O–H groups in total. The molecule has 0 unspecified atom stereocenters. The van der Waals surface area contributed by atoms with E-state index < -0.39 is 0 Å². The Bertz CT molecular complexity index is 174. The number of hydrogen-bond acceptors (Lipinski definition) is 2. The van der Waals surface area contributed by atoms with Crippen LogP contribution in [0.4, 0.5) is 0 Å². The lowest BCUT2D eigenvalue weighted by Gasteiger charge is -2.30. The van der Waals surface area contributed by atoms with Crippen LogP contribution in [0.3, 0.4) is 0 Å². The van der Waals surface area contributed by atoms with Crippen LogP contribution in [0.15, 0.2) is 0 Å². The highest BCUT2D eigenvalue weighted by Gasteiger charge is 2.15. The van der Waals surface area contributed by atoms with Gasteiger partial charge in [0.1, 0.15) is 19.6 Å². The van der Waals surface area contributed by atoms with Crippen molar-refractivity contribution in [3.8, 4) is 0 Å². The number of likely N-dealkylation sites (N-methyl/N-ethyl adjacent to an activating group) is 2. The van der Waals surface area contributed by atoms with Gasteiger partial charge in [-0.3, -0.25) is 0 Å². The summed E-state index contributed by atoms with van der Waals surface area (Å²) in [5, 5.41) is 8.91. The van der Waals surface area contributed by atoms with Gasteiger partial charge in [-0.1, -0.05) is 6.92 Å². The first-order valence-corrected chi connectivity index (χ1v) is 6.65. The maximum absolute atomic E-state index is 8.91.